The largest absolute Gasteiger partial charge is 0.494 e. The number of amides is 2. The minimum absolute atomic E-state index is 0.00691. The van der Waals surface area contributed by atoms with Crippen LogP contribution < -0.4 is 20.7 Å². The highest BCUT2D eigenvalue weighted by Gasteiger charge is 2.23. The fourth-order valence-electron chi connectivity index (χ4n) is 4.26. The lowest BCUT2D eigenvalue weighted by Crippen LogP contribution is -2.48. The molecule has 3 aromatic carbocycles. The number of rotatable bonds is 15. The molecule has 0 aliphatic rings. The number of aliphatic hydroxyl groups is 1. The van der Waals surface area contributed by atoms with E-state index in [-0.39, 0.29) is 31.7 Å². The molecule has 4 N–H and O–H groups in total. The van der Waals surface area contributed by atoms with E-state index >= 15 is 0 Å². The van der Waals surface area contributed by atoms with Crippen LogP contribution in [-0.4, -0.2) is 42.2 Å². The SMILES string of the molecule is CCOc1ccc(NC(=O)CCC(=O)N[C@@H](Cc2cc(F)cc(F)c2)[C@H](O)CNCc2cccc(CC)c2)cc1. The van der Waals surface area contributed by atoms with Crippen LogP contribution in [0.25, 0.3) is 0 Å². The third-order valence-corrected chi connectivity index (χ3v) is 6.30. The maximum atomic E-state index is 13.8. The van der Waals surface area contributed by atoms with Crippen molar-refractivity contribution in [1.82, 2.24) is 10.6 Å². The minimum Gasteiger partial charge on any atom is -0.494 e. The molecule has 0 aromatic heterocycles. The molecular formula is C31H37F2N3O4. The normalized spacial score (nSPS) is 12.4. The van der Waals surface area contributed by atoms with Gasteiger partial charge in [0.25, 0.3) is 0 Å². The first kappa shape index (κ1) is 30.7. The van der Waals surface area contributed by atoms with Crippen LogP contribution in [0.15, 0.2) is 66.7 Å². The summed E-state index contributed by atoms with van der Waals surface area (Å²) in [6.07, 6.45) is -0.342. The summed E-state index contributed by atoms with van der Waals surface area (Å²) in [6.45, 7) is 5.13. The maximum absolute atomic E-state index is 13.8. The van der Waals surface area contributed by atoms with Crippen molar-refractivity contribution < 1.29 is 28.2 Å². The van der Waals surface area contributed by atoms with Gasteiger partial charge in [-0.1, -0.05) is 31.2 Å². The summed E-state index contributed by atoms with van der Waals surface area (Å²) in [6, 6.07) is 17.2. The second-order valence-corrected chi connectivity index (χ2v) is 9.53. The number of carbonyl (C=O) groups excluding carboxylic acids is 2. The van der Waals surface area contributed by atoms with Crippen molar-refractivity contribution in [3.63, 3.8) is 0 Å². The maximum Gasteiger partial charge on any atom is 0.224 e. The van der Waals surface area contributed by atoms with Crippen LogP contribution >= 0.6 is 0 Å². The highest BCUT2D eigenvalue weighted by atomic mass is 19.1. The van der Waals surface area contributed by atoms with Gasteiger partial charge in [-0.15, -0.1) is 0 Å². The number of aryl methyl sites for hydroxylation is 1. The van der Waals surface area contributed by atoms with Gasteiger partial charge in [0.15, 0.2) is 0 Å². The number of hydrogen-bond acceptors (Lipinski definition) is 5. The molecule has 0 heterocycles. The minimum atomic E-state index is -1.05. The van der Waals surface area contributed by atoms with Gasteiger partial charge in [-0.05, 0) is 72.9 Å². The third-order valence-electron chi connectivity index (χ3n) is 6.30. The van der Waals surface area contributed by atoms with Gasteiger partial charge in [-0.25, -0.2) is 8.78 Å². The molecule has 0 spiro atoms. The van der Waals surface area contributed by atoms with Crippen LogP contribution in [0.3, 0.4) is 0 Å². The van der Waals surface area contributed by atoms with Crippen LogP contribution in [0.1, 0.15) is 43.4 Å². The predicted octanol–water partition coefficient (Wildman–Crippen LogP) is 4.52. The Kier molecular flexibility index (Phi) is 12.0. The Balaban J connectivity index is 1.57. The summed E-state index contributed by atoms with van der Waals surface area (Å²) >= 11 is 0. The lowest BCUT2D eigenvalue weighted by atomic mass is 10.00. The highest BCUT2D eigenvalue weighted by molar-refractivity contribution is 5.93. The fraction of sp³-hybridized carbons (Fsp3) is 0.355. The number of benzene rings is 3. The molecule has 0 aliphatic heterocycles. The van der Waals surface area contributed by atoms with Crippen molar-refractivity contribution in [3.8, 4) is 5.75 Å². The zero-order valence-corrected chi connectivity index (χ0v) is 22.9. The molecule has 0 saturated heterocycles. The second-order valence-electron chi connectivity index (χ2n) is 9.53. The summed E-state index contributed by atoms with van der Waals surface area (Å²) < 4.78 is 33.0. The molecule has 0 radical (unpaired) electrons. The first-order valence-electron chi connectivity index (χ1n) is 13.5. The number of anilines is 1. The zero-order valence-electron chi connectivity index (χ0n) is 22.9. The van der Waals surface area contributed by atoms with Crippen molar-refractivity contribution >= 4 is 17.5 Å². The number of halogens is 2. The Labute approximate surface area is 234 Å². The number of carbonyl (C=O) groups is 2. The molecule has 40 heavy (non-hydrogen) atoms. The molecule has 0 saturated carbocycles. The van der Waals surface area contributed by atoms with E-state index in [0.717, 1.165) is 18.1 Å². The van der Waals surface area contributed by atoms with Gasteiger partial charge in [0.05, 0.1) is 18.8 Å². The van der Waals surface area contributed by atoms with Crippen LogP contribution in [0, 0.1) is 11.6 Å². The standard InChI is InChI=1S/C31H37F2N3O4/c1-3-21-6-5-7-22(14-21)19-34-20-29(37)28(17-23-15-24(32)18-25(33)16-23)36-31(39)13-12-30(38)35-26-8-10-27(11-9-26)40-4-2/h5-11,14-16,18,28-29,34,37H,3-4,12-13,17,19-20H2,1-2H3,(H,35,38)(H,36,39)/t28-,29+/m0/s1. The van der Waals surface area contributed by atoms with Gasteiger partial charge in [0.1, 0.15) is 17.4 Å². The van der Waals surface area contributed by atoms with E-state index in [1.165, 1.54) is 17.7 Å². The fourth-order valence-corrected chi connectivity index (χ4v) is 4.26. The average Bonchev–Trinajstić information content (AvgIpc) is 2.92. The smallest absolute Gasteiger partial charge is 0.224 e. The molecule has 2 amide bonds. The first-order valence-corrected chi connectivity index (χ1v) is 13.5. The number of ether oxygens (including phenoxy) is 1. The topological polar surface area (TPSA) is 99.7 Å². The molecule has 9 heteroatoms. The molecular weight excluding hydrogens is 516 g/mol. The van der Waals surface area contributed by atoms with Crippen molar-refractivity contribution in [2.75, 3.05) is 18.5 Å². The number of nitrogens with one attached hydrogen (secondary N) is 3. The summed E-state index contributed by atoms with van der Waals surface area (Å²) in [5, 5.41) is 19.6. The molecule has 7 nitrogen and oxygen atoms in total. The Morgan fingerprint density at radius 1 is 0.875 bits per heavy atom. The Morgan fingerprint density at radius 2 is 1.55 bits per heavy atom. The summed E-state index contributed by atoms with van der Waals surface area (Å²) in [4.78, 5) is 25.1. The van der Waals surface area contributed by atoms with E-state index in [0.29, 0.717) is 30.2 Å². The highest BCUT2D eigenvalue weighted by Crippen LogP contribution is 2.16. The zero-order chi connectivity index (χ0) is 28.9. The molecule has 0 fully saturated rings. The van der Waals surface area contributed by atoms with E-state index in [1.54, 1.807) is 24.3 Å². The quantitative estimate of drug-likeness (QED) is 0.222. The van der Waals surface area contributed by atoms with Crippen LogP contribution in [0.4, 0.5) is 14.5 Å². The summed E-state index contributed by atoms with van der Waals surface area (Å²) in [5.74, 6) is -1.60. The summed E-state index contributed by atoms with van der Waals surface area (Å²) in [7, 11) is 0. The van der Waals surface area contributed by atoms with Gasteiger partial charge in [0.2, 0.25) is 11.8 Å². The lowest BCUT2D eigenvalue weighted by molar-refractivity contribution is -0.125. The molecule has 0 bridgehead atoms. The van der Waals surface area contributed by atoms with Crippen molar-refractivity contribution in [2.45, 2.75) is 58.2 Å². The lowest BCUT2D eigenvalue weighted by Gasteiger charge is -2.25. The van der Waals surface area contributed by atoms with Crippen LogP contribution in [-0.2, 0) is 29.0 Å². The van der Waals surface area contributed by atoms with Gasteiger partial charge in [-0.3, -0.25) is 9.59 Å². The van der Waals surface area contributed by atoms with Gasteiger partial charge in [-0.2, -0.15) is 0 Å². The van der Waals surface area contributed by atoms with Crippen LogP contribution in [0.2, 0.25) is 0 Å². The molecule has 0 unspecified atom stereocenters. The van der Waals surface area contributed by atoms with Gasteiger partial charge >= 0.3 is 0 Å². The van der Waals surface area contributed by atoms with E-state index in [1.807, 2.05) is 25.1 Å². The molecule has 0 aliphatic carbocycles. The Bertz CT molecular complexity index is 1230. The van der Waals surface area contributed by atoms with E-state index in [2.05, 4.69) is 28.9 Å². The number of aliphatic hydroxyl groups excluding tert-OH is 1. The Hall–Kier alpha value is -3.82. The predicted molar refractivity (Wildman–Crippen MR) is 151 cm³/mol. The van der Waals surface area contributed by atoms with Crippen molar-refractivity contribution in [1.29, 1.82) is 0 Å². The molecule has 214 valence electrons. The second kappa shape index (κ2) is 15.7. The molecule has 2 atom stereocenters. The molecule has 3 rings (SSSR count). The first-order chi connectivity index (χ1) is 19.2. The van der Waals surface area contributed by atoms with Crippen LogP contribution in [0.5, 0.6) is 5.75 Å². The average molecular weight is 554 g/mol. The monoisotopic (exact) mass is 553 g/mol. The molecule has 3 aromatic rings. The van der Waals surface area contributed by atoms with E-state index < -0.39 is 29.7 Å². The van der Waals surface area contributed by atoms with E-state index in [9.17, 15) is 23.5 Å². The van der Waals surface area contributed by atoms with Crippen molar-refractivity contribution in [2.24, 2.45) is 0 Å². The number of hydrogen-bond donors (Lipinski definition) is 4. The van der Waals surface area contributed by atoms with E-state index in [4.69, 9.17) is 4.74 Å². The van der Waals surface area contributed by atoms with Gasteiger partial charge in [0, 0.05) is 37.7 Å². The Morgan fingerprint density at radius 3 is 2.23 bits per heavy atom. The van der Waals surface area contributed by atoms with Crippen molar-refractivity contribution in [3.05, 3.63) is 95.1 Å². The summed E-state index contributed by atoms with van der Waals surface area (Å²) in [5.41, 5.74) is 3.12. The third kappa shape index (κ3) is 10.4. The van der Waals surface area contributed by atoms with Gasteiger partial charge < -0.3 is 25.8 Å².